The highest BCUT2D eigenvalue weighted by Crippen LogP contribution is 2.48. The van der Waals surface area contributed by atoms with Gasteiger partial charge in [0.25, 0.3) is 5.91 Å². The number of hydrogen-bond donors (Lipinski definition) is 2. The molecule has 184 valence electrons. The van der Waals surface area contributed by atoms with Crippen LogP contribution in [-0.4, -0.2) is 43.5 Å². The van der Waals surface area contributed by atoms with Crippen LogP contribution >= 0.6 is 23.2 Å². The Hall–Kier alpha value is -2.65. The van der Waals surface area contributed by atoms with Gasteiger partial charge in [-0.1, -0.05) is 47.5 Å². The minimum Gasteiger partial charge on any atom is -0.380 e. The van der Waals surface area contributed by atoms with E-state index in [1.165, 1.54) is 16.8 Å². The van der Waals surface area contributed by atoms with E-state index in [0.717, 1.165) is 24.0 Å². The molecule has 0 spiro atoms. The van der Waals surface area contributed by atoms with E-state index < -0.39 is 10.0 Å². The number of aromatic nitrogens is 1. The summed E-state index contributed by atoms with van der Waals surface area (Å²) in [6.07, 6.45) is 4.63. The average Bonchev–Trinajstić information content (AvgIpc) is 3.60. The highest BCUT2D eigenvalue weighted by atomic mass is 35.5. The van der Waals surface area contributed by atoms with Gasteiger partial charge in [0.1, 0.15) is 5.82 Å². The largest absolute Gasteiger partial charge is 0.380 e. The van der Waals surface area contributed by atoms with Crippen LogP contribution in [0.5, 0.6) is 0 Å². The van der Waals surface area contributed by atoms with E-state index in [-0.39, 0.29) is 11.3 Å². The zero-order chi connectivity index (χ0) is 25.2. The molecule has 7 nitrogen and oxygen atoms in total. The second kappa shape index (κ2) is 10.1. The number of pyridine rings is 1. The predicted octanol–water partition coefficient (Wildman–Crippen LogP) is 5.18. The first kappa shape index (κ1) is 25.4. The normalized spacial score (nSPS) is 14.5. The monoisotopic (exact) mass is 532 g/mol. The van der Waals surface area contributed by atoms with Gasteiger partial charge in [-0.2, -0.15) is 0 Å². The Kier molecular flexibility index (Phi) is 7.38. The van der Waals surface area contributed by atoms with Crippen LogP contribution in [0.1, 0.15) is 34.3 Å². The van der Waals surface area contributed by atoms with Crippen LogP contribution in [0, 0.1) is 0 Å². The number of carbonyl (C=O) groups excluding carboxylic acids is 1. The molecule has 1 saturated carbocycles. The molecule has 0 saturated heterocycles. The fourth-order valence-electron chi connectivity index (χ4n) is 3.90. The van der Waals surface area contributed by atoms with E-state index in [9.17, 15) is 13.2 Å². The molecule has 1 aliphatic carbocycles. The number of nitrogens with one attached hydrogen (secondary N) is 2. The van der Waals surface area contributed by atoms with Crippen molar-refractivity contribution in [3.8, 4) is 0 Å². The maximum atomic E-state index is 12.9. The molecule has 3 aromatic rings. The van der Waals surface area contributed by atoms with Gasteiger partial charge >= 0.3 is 0 Å². The topological polar surface area (TPSA) is 91.4 Å². The fraction of sp³-hybridized carbons (Fsp3) is 0.280. The summed E-state index contributed by atoms with van der Waals surface area (Å²) in [5.41, 5.74) is 3.09. The third kappa shape index (κ3) is 6.32. The highest BCUT2D eigenvalue weighted by molar-refractivity contribution is 7.88. The quantitative estimate of drug-likeness (QED) is 0.396. The molecule has 0 atom stereocenters. The maximum Gasteiger partial charge on any atom is 0.258 e. The molecule has 1 aliphatic rings. The van der Waals surface area contributed by atoms with Crippen LogP contribution in [0.15, 0.2) is 60.8 Å². The lowest BCUT2D eigenvalue weighted by Gasteiger charge is -2.22. The van der Waals surface area contributed by atoms with E-state index in [2.05, 4.69) is 27.8 Å². The van der Waals surface area contributed by atoms with E-state index in [0.29, 0.717) is 40.2 Å². The molecule has 35 heavy (non-hydrogen) atoms. The predicted molar refractivity (Wildman–Crippen MR) is 141 cm³/mol. The SMILES string of the molecule is CN(CC1(c2ccc(CNc3ccc(Cl)cc3C(=O)Nc3ccc(Cl)cn3)cc2)CC1)S(C)(=O)=O. The summed E-state index contributed by atoms with van der Waals surface area (Å²) in [5, 5.41) is 6.99. The molecule has 4 rings (SSSR count). The number of amides is 1. The fourth-order valence-corrected chi connectivity index (χ4v) is 4.66. The Morgan fingerprint density at radius 2 is 1.74 bits per heavy atom. The Labute approximate surface area is 215 Å². The third-order valence-corrected chi connectivity index (χ3v) is 7.91. The number of hydrogen-bond acceptors (Lipinski definition) is 5. The van der Waals surface area contributed by atoms with Gasteiger partial charge in [-0.15, -0.1) is 0 Å². The van der Waals surface area contributed by atoms with Crippen molar-refractivity contribution in [3.63, 3.8) is 0 Å². The summed E-state index contributed by atoms with van der Waals surface area (Å²) >= 11 is 12.0. The third-order valence-electron chi connectivity index (χ3n) is 6.19. The Balaban J connectivity index is 1.43. The number of nitrogens with zero attached hydrogens (tertiary/aromatic N) is 2. The molecule has 1 aromatic heterocycles. The summed E-state index contributed by atoms with van der Waals surface area (Å²) < 4.78 is 25.1. The van der Waals surface area contributed by atoms with Crippen LogP contribution < -0.4 is 10.6 Å². The van der Waals surface area contributed by atoms with Crippen LogP contribution in [0.4, 0.5) is 11.5 Å². The number of anilines is 2. The molecule has 0 aliphatic heterocycles. The smallest absolute Gasteiger partial charge is 0.258 e. The van der Waals surface area contributed by atoms with Crippen LogP contribution in [-0.2, 0) is 22.0 Å². The molecule has 2 aromatic carbocycles. The Bertz CT molecular complexity index is 1330. The Morgan fingerprint density at radius 1 is 1.06 bits per heavy atom. The molecule has 1 heterocycles. The van der Waals surface area contributed by atoms with Crippen molar-refractivity contribution in [1.82, 2.24) is 9.29 Å². The van der Waals surface area contributed by atoms with Crippen LogP contribution in [0.3, 0.4) is 0 Å². The number of benzene rings is 2. The Morgan fingerprint density at radius 3 is 2.34 bits per heavy atom. The summed E-state index contributed by atoms with van der Waals surface area (Å²) in [7, 11) is -1.59. The first-order valence-corrected chi connectivity index (χ1v) is 13.6. The molecule has 1 fully saturated rings. The lowest BCUT2D eigenvalue weighted by Crippen LogP contribution is -2.33. The lowest BCUT2D eigenvalue weighted by molar-refractivity contribution is 0.102. The van der Waals surface area contributed by atoms with Gasteiger partial charge in [-0.05, 0) is 54.3 Å². The van der Waals surface area contributed by atoms with Crippen molar-refractivity contribution in [1.29, 1.82) is 0 Å². The second-order valence-electron chi connectivity index (χ2n) is 8.86. The number of sulfonamides is 1. The number of carbonyl (C=O) groups is 1. The summed E-state index contributed by atoms with van der Waals surface area (Å²) in [5.74, 6) is 0.0438. The molecule has 0 bridgehead atoms. The van der Waals surface area contributed by atoms with Crippen molar-refractivity contribution in [2.45, 2.75) is 24.8 Å². The molecular weight excluding hydrogens is 507 g/mol. The standard InChI is InChI=1S/C25H26Cl2N4O3S/c1-31(35(2,33)34)16-25(11-12-25)18-5-3-17(4-6-18)14-28-22-9-7-19(26)13-21(22)24(32)30-23-10-8-20(27)15-29-23/h3-10,13,15,28H,11-12,14,16H2,1-2H3,(H,29,30,32). The summed E-state index contributed by atoms with van der Waals surface area (Å²) in [6, 6.07) is 16.5. The maximum absolute atomic E-state index is 12.9. The summed E-state index contributed by atoms with van der Waals surface area (Å²) in [6.45, 7) is 0.979. The van der Waals surface area contributed by atoms with Crippen molar-refractivity contribution < 1.29 is 13.2 Å². The first-order chi connectivity index (χ1) is 16.6. The minimum atomic E-state index is -3.22. The minimum absolute atomic E-state index is 0.110. The number of halogens is 2. The van der Waals surface area contributed by atoms with Gasteiger partial charge in [-0.25, -0.2) is 17.7 Å². The summed E-state index contributed by atoms with van der Waals surface area (Å²) in [4.78, 5) is 17.0. The van der Waals surface area contributed by atoms with Gasteiger partial charge in [0.05, 0.1) is 16.8 Å². The van der Waals surface area contributed by atoms with E-state index in [1.807, 2.05) is 12.1 Å². The van der Waals surface area contributed by atoms with Gasteiger partial charge < -0.3 is 10.6 Å². The lowest BCUT2D eigenvalue weighted by atomic mass is 9.95. The van der Waals surface area contributed by atoms with Gasteiger partial charge in [0, 0.05) is 42.5 Å². The van der Waals surface area contributed by atoms with E-state index in [1.54, 1.807) is 37.4 Å². The van der Waals surface area contributed by atoms with Crippen LogP contribution in [0.2, 0.25) is 10.0 Å². The van der Waals surface area contributed by atoms with E-state index in [4.69, 9.17) is 23.2 Å². The number of rotatable bonds is 9. The molecule has 1 amide bonds. The zero-order valence-corrected chi connectivity index (χ0v) is 21.7. The molecule has 0 radical (unpaired) electrons. The van der Waals surface area contributed by atoms with Crippen molar-refractivity contribution in [2.75, 3.05) is 30.5 Å². The van der Waals surface area contributed by atoms with Gasteiger partial charge in [-0.3, -0.25) is 4.79 Å². The first-order valence-electron chi connectivity index (χ1n) is 11.0. The molecule has 0 unspecified atom stereocenters. The molecule has 2 N–H and O–H groups in total. The van der Waals surface area contributed by atoms with Crippen molar-refractivity contribution >= 4 is 50.6 Å². The van der Waals surface area contributed by atoms with Crippen molar-refractivity contribution in [2.24, 2.45) is 0 Å². The van der Waals surface area contributed by atoms with Crippen LogP contribution in [0.25, 0.3) is 0 Å². The zero-order valence-electron chi connectivity index (χ0n) is 19.4. The molecule has 10 heteroatoms. The second-order valence-corrected chi connectivity index (χ2v) is 11.8. The number of likely N-dealkylation sites (N-methyl/N-ethyl adjacent to an activating group) is 1. The van der Waals surface area contributed by atoms with E-state index >= 15 is 0 Å². The average molecular weight is 533 g/mol. The van der Waals surface area contributed by atoms with Crippen molar-refractivity contribution in [3.05, 3.63) is 87.5 Å². The highest BCUT2D eigenvalue weighted by Gasteiger charge is 2.46. The van der Waals surface area contributed by atoms with Gasteiger partial charge in [0.15, 0.2) is 0 Å². The molecular formula is C25H26Cl2N4O3S. The van der Waals surface area contributed by atoms with Gasteiger partial charge in [0.2, 0.25) is 10.0 Å².